The van der Waals surface area contributed by atoms with Gasteiger partial charge in [0.2, 0.25) is 5.66 Å². The van der Waals surface area contributed by atoms with Crippen LogP contribution >= 0.6 is 12.2 Å². The Kier molecular flexibility index (Phi) is 8.14. The van der Waals surface area contributed by atoms with Crippen molar-refractivity contribution in [2.24, 2.45) is 11.0 Å². The Balaban J connectivity index is 1.56. The molecule has 2 atom stereocenters. The van der Waals surface area contributed by atoms with Gasteiger partial charge in [-0.25, -0.2) is 5.01 Å². The smallest absolute Gasteiger partial charge is 0.319 e. The Morgan fingerprint density at radius 2 is 1.30 bits per heavy atom. The minimum atomic E-state index is -1.33. The fourth-order valence-corrected chi connectivity index (χ4v) is 7.06. The number of carbonyl (C=O) groups is 1. The van der Waals surface area contributed by atoms with Crippen LogP contribution in [0.2, 0.25) is 0 Å². The van der Waals surface area contributed by atoms with Crippen LogP contribution < -0.4 is 14.8 Å². The maximum atomic E-state index is 14.5. The Bertz CT molecular complexity index is 1950. The molecule has 0 N–H and O–H groups in total. The lowest BCUT2D eigenvalue weighted by atomic mass is 9.88. The summed E-state index contributed by atoms with van der Waals surface area (Å²) in [6.07, 6.45) is 2.70. The lowest BCUT2D eigenvalue weighted by Crippen LogP contribution is -2.65. The summed E-state index contributed by atoms with van der Waals surface area (Å²) in [6, 6.07) is 48.4. The molecule has 7 rings (SSSR count). The number of aryl methyl sites for hydroxylation is 1. The highest BCUT2D eigenvalue weighted by Gasteiger charge is 2.68. The first kappa shape index (κ1) is 30.1. The number of hydrogen-bond acceptors (Lipinski definition) is 6. The molecule has 5 aromatic rings. The first-order valence-corrected chi connectivity index (χ1v) is 16.0. The van der Waals surface area contributed by atoms with Crippen LogP contribution in [0.15, 0.2) is 162 Å². The van der Waals surface area contributed by atoms with E-state index in [1.54, 1.807) is 0 Å². The summed E-state index contributed by atoms with van der Waals surface area (Å²) < 4.78 is 5.69. The first-order valence-electron chi connectivity index (χ1n) is 15.6. The molecule has 0 radical (unpaired) electrons. The summed E-state index contributed by atoms with van der Waals surface area (Å²) in [5, 5.41) is 7.31. The van der Waals surface area contributed by atoms with Crippen molar-refractivity contribution in [1.29, 1.82) is 0 Å². The van der Waals surface area contributed by atoms with Gasteiger partial charge >= 0.3 is 5.97 Å². The summed E-state index contributed by atoms with van der Waals surface area (Å²) in [7, 11) is 1.44. The number of para-hydroxylation sites is 3. The van der Waals surface area contributed by atoms with E-state index in [0.29, 0.717) is 17.2 Å². The number of anilines is 3. The molecule has 5 aromatic carbocycles. The molecule has 0 aromatic heterocycles. The normalized spacial score (nSPS) is 19.8. The molecule has 1 spiro atoms. The third-order valence-corrected chi connectivity index (χ3v) is 9.19. The van der Waals surface area contributed by atoms with Gasteiger partial charge < -0.3 is 9.64 Å². The molecule has 0 aliphatic carbocycles. The number of ether oxygens (including phenoxy) is 1. The maximum Gasteiger partial charge on any atom is 0.319 e. The van der Waals surface area contributed by atoms with Crippen LogP contribution in [0.25, 0.3) is 0 Å². The van der Waals surface area contributed by atoms with E-state index in [-0.39, 0.29) is 0 Å². The number of thiocarbonyl (C=S) groups is 1. The number of amidine groups is 1. The fraction of sp³-hybridized carbons (Fsp3) is 0.125. The molecule has 2 aliphatic rings. The highest BCUT2D eigenvalue weighted by molar-refractivity contribution is 7.81. The zero-order valence-electron chi connectivity index (χ0n) is 26.2. The molecule has 0 saturated carbocycles. The van der Waals surface area contributed by atoms with Crippen molar-refractivity contribution in [3.63, 3.8) is 0 Å². The zero-order chi connectivity index (χ0) is 32.4. The number of carbonyl (C=O) groups excluding carboxylic acids is 1. The molecule has 2 aliphatic heterocycles. The molecular weight excluding hydrogens is 601 g/mol. The predicted molar refractivity (Wildman–Crippen MR) is 194 cm³/mol. The lowest BCUT2D eigenvalue weighted by molar-refractivity contribution is -0.145. The van der Waals surface area contributed by atoms with Gasteiger partial charge in [0, 0.05) is 22.6 Å². The van der Waals surface area contributed by atoms with Crippen LogP contribution in [0.3, 0.4) is 0 Å². The van der Waals surface area contributed by atoms with Crippen LogP contribution in [0.1, 0.15) is 16.7 Å². The Morgan fingerprint density at radius 1 is 0.766 bits per heavy atom. The number of hydrazone groups is 1. The van der Waals surface area contributed by atoms with E-state index in [4.69, 9.17) is 22.1 Å². The molecule has 0 unspecified atom stereocenters. The number of hydrogen-bond donors (Lipinski definition) is 0. The molecule has 2 heterocycles. The number of nitrogens with zero attached hydrogens (tertiary/aromatic N) is 4. The molecule has 0 amide bonds. The lowest BCUT2D eigenvalue weighted by Gasteiger charge is -2.44. The van der Waals surface area contributed by atoms with Crippen molar-refractivity contribution in [2.75, 3.05) is 21.9 Å². The number of allylic oxidation sites excluding steroid dienone is 1. The number of rotatable bonds is 7. The van der Waals surface area contributed by atoms with Gasteiger partial charge in [-0.15, -0.1) is 0 Å². The predicted octanol–water partition coefficient (Wildman–Crippen LogP) is 8.14. The van der Waals surface area contributed by atoms with Crippen LogP contribution in [-0.4, -0.2) is 29.6 Å². The van der Waals surface area contributed by atoms with Gasteiger partial charge in [0.05, 0.1) is 12.8 Å². The average Bonchev–Trinajstić information content (AvgIpc) is 3.61. The Hall–Kier alpha value is -5.53. The zero-order valence-corrected chi connectivity index (χ0v) is 27.0. The standard InChI is InChI=1S/C40H34N4O2S/c1-29-23-26-31(27-24-29)37-41-44(34-21-13-6-14-22-34)40(43(37)33-19-11-5-12-20-33)36(38(45)46-2)35(28-25-30-15-7-3-8-16-30)42(39(40)47)32-17-9-4-10-18-32/h3-24,26-28,36H,25H2,1-2H3/b35-28+/t36-,40+/m0/s1. The number of methoxy groups -OCH3 is 1. The van der Waals surface area contributed by atoms with Crippen LogP contribution in [-0.2, 0) is 16.0 Å². The summed E-state index contributed by atoms with van der Waals surface area (Å²) in [5.74, 6) is -0.628. The van der Waals surface area contributed by atoms with Crippen molar-refractivity contribution in [3.05, 3.63) is 174 Å². The van der Waals surface area contributed by atoms with E-state index in [1.165, 1.54) is 7.11 Å². The third-order valence-electron chi connectivity index (χ3n) is 8.71. The van der Waals surface area contributed by atoms with E-state index in [0.717, 1.165) is 39.4 Å². The Labute approximate surface area is 280 Å². The van der Waals surface area contributed by atoms with Gasteiger partial charge in [-0.1, -0.05) is 133 Å². The van der Waals surface area contributed by atoms with E-state index in [2.05, 4.69) is 54.3 Å². The van der Waals surface area contributed by atoms with Gasteiger partial charge in [0.15, 0.2) is 5.84 Å². The summed E-state index contributed by atoms with van der Waals surface area (Å²) >= 11 is 6.65. The molecule has 1 fully saturated rings. The Morgan fingerprint density at radius 3 is 1.87 bits per heavy atom. The number of esters is 1. The largest absolute Gasteiger partial charge is 0.468 e. The van der Waals surface area contributed by atoms with Crippen molar-refractivity contribution < 1.29 is 9.53 Å². The van der Waals surface area contributed by atoms with E-state index >= 15 is 0 Å². The van der Waals surface area contributed by atoms with Crippen LogP contribution in [0.5, 0.6) is 0 Å². The maximum absolute atomic E-state index is 14.5. The topological polar surface area (TPSA) is 48.4 Å². The summed E-state index contributed by atoms with van der Waals surface area (Å²) in [5.41, 5.74) is 5.06. The van der Waals surface area contributed by atoms with Gasteiger partial charge in [0.1, 0.15) is 10.9 Å². The second-order valence-electron chi connectivity index (χ2n) is 11.6. The molecule has 1 saturated heterocycles. The highest BCUT2D eigenvalue weighted by atomic mass is 32.1. The second kappa shape index (κ2) is 12.7. The highest BCUT2D eigenvalue weighted by Crippen LogP contribution is 2.53. The van der Waals surface area contributed by atoms with Crippen LogP contribution in [0, 0.1) is 12.8 Å². The molecule has 0 bridgehead atoms. The number of benzene rings is 5. The van der Waals surface area contributed by atoms with E-state index in [9.17, 15) is 4.79 Å². The summed E-state index contributed by atoms with van der Waals surface area (Å²) in [4.78, 5) is 19.2. The molecular formula is C40H34N4O2S. The molecule has 7 heteroatoms. The van der Waals surface area contributed by atoms with Gasteiger partial charge in [-0.2, -0.15) is 5.10 Å². The van der Waals surface area contributed by atoms with Crippen molar-refractivity contribution in [3.8, 4) is 0 Å². The first-order chi connectivity index (χ1) is 23.0. The second-order valence-corrected chi connectivity index (χ2v) is 12.0. The minimum Gasteiger partial charge on any atom is -0.468 e. The van der Waals surface area contributed by atoms with Gasteiger partial charge in [-0.05, 0) is 55.3 Å². The van der Waals surface area contributed by atoms with Gasteiger partial charge in [0.25, 0.3) is 0 Å². The van der Waals surface area contributed by atoms with Crippen molar-refractivity contribution >= 4 is 46.1 Å². The van der Waals surface area contributed by atoms with Gasteiger partial charge in [-0.3, -0.25) is 9.69 Å². The summed E-state index contributed by atoms with van der Waals surface area (Å²) in [6.45, 7) is 2.06. The monoisotopic (exact) mass is 634 g/mol. The van der Waals surface area contributed by atoms with E-state index < -0.39 is 17.6 Å². The fourth-order valence-electron chi connectivity index (χ4n) is 6.55. The minimum absolute atomic E-state index is 0.410. The molecule has 232 valence electrons. The molecule has 6 nitrogen and oxygen atoms in total. The molecule has 47 heavy (non-hydrogen) atoms. The van der Waals surface area contributed by atoms with E-state index in [1.807, 2.05) is 119 Å². The average molecular weight is 635 g/mol. The quantitative estimate of drug-likeness (QED) is 0.133. The van der Waals surface area contributed by atoms with Crippen molar-refractivity contribution in [1.82, 2.24) is 0 Å². The SMILES string of the molecule is COC(=O)[C@@H]1/C(=C\Cc2ccccc2)N(c2ccccc2)C(=S)[C@]12N(c1ccccc1)N=C(c1ccc(C)cc1)N2c1ccccc1. The third kappa shape index (κ3) is 5.19. The van der Waals surface area contributed by atoms with Crippen LogP contribution in [0.4, 0.5) is 17.1 Å². The van der Waals surface area contributed by atoms with Crippen molar-refractivity contribution in [2.45, 2.75) is 19.0 Å².